The first kappa shape index (κ1) is 13.0. The molecule has 1 aromatic carbocycles. The molecule has 88 valence electrons. The fourth-order valence-electron chi connectivity index (χ4n) is 1.06. The number of nitrogens with two attached hydrogens (primary N) is 1. The van der Waals surface area contributed by atoms with E-state index in [1.165, 1.54) is 7.11 Å². The molecule has 1 rings (SSSR count). The summed E-state index contributed by atoms with van der Waals surface area (Å²) in [5.74, 6) is 0.161. The van der Waals surface area contributed by atoms with Gasteiger partial charge in [-0.3, -0.25) is 0 Å². The van der Waals surface area contributed by atoms with Gasteiger partial charge in [0.05, 0.1) is 7.11 Å². The van der Waals surface area contributed by atoms with Crippen LogP contribution in [-0.2, 0) is 9.53 Å². The van der Waals surface area contributed by atoms with Gasteiger partial charge in [-0.1, -0.05) is 15.9 Å². The number of carbonyl (C=O) groups is 1. The van der Waals surface area contributed by atoms with Crippen molar-refractivity contribution in [2.75, 3.05) is 13.7 Å². The van der Waals surface area contributed by atoms with Crippen molar-refractivity contribution in [3.05, 3.63) is 28.7 Å². The summed E-state index contributed by atoms with van der Waals surface area (Å²) in [6, 6.07) is 7.28. The number of halogens is 1. The average molecular weight is 288 g/mol. The first-order chi connectivity index (χ1) is 7.45. The van der Waals surface area contributed by atoms with Gasteiger partial charge in [0.25, 0.3) is 0 Å². The van der Waals surface area contributed by atoms with Gasteiger partial charge in [-0.2, -0.15) is 0 Å². The number of methoxy groups -OCH3 is 1. The number of hydrogen-bond acceptors (Lipinski definition) is 4. The fraction of sp³-hybridized carbons (Fsp3) is 0.364. The molecule has 0 amide bonds. The molecule has 1 aromatic rings. The number of rotatable bonds is 4. The van der Waals surface area contributed by atoms with Gasteiger partial charge >= 0.3 is 5.97 Å². The summed E-state index contributed by atoms with van der Waals surface area (Å²) >= 11 is 3.32. The Morgan fingerprint density at radius 3 is 2.50 bits per heavy atom. The molecule has 1 unspecified atom stereocenters. The molecule has 0 aliphatic rings. The van der Waals surface area contributed by atoms with Gasteiger partial charge in [0.2, 0.25) is 0 Å². The summed E-state index contributed by atoms with van der Waals surface area (Å²) in [6.45, 7) is 1.64. The highest BCUT2D eigenvalue weighted by Crippen LogP contribution is 2.17. The maximum absolute atomic E-state index is 11.3. The highest BCUT2D eigenvalue weighted by molar-refractivity contribution is 9.10. The molecule has 0 heterocycles. The Labute approximate surface area is 103 Å². The molecule has 0 aromatic heterocycles. The minimum absolute atomic E-state index is 0.0707. The van der Waals surface area contributed by atoms with Crippen molar-refractivity contribution in [3.63, 3.8) is 0 Å². The third kappa shape index (κ3) is 3.50. The first-order valence-electron chi connectivity index (χ1n) is 4.71. The van der Waals surface area contributed by atoms with E-state index in [1.54, 1.807) is 19.1 Å². The summed E-state index contributed by atoms with van der Waals surface area (Å²) < 4.78 is 10.9. The molecule has 5 heteroatoms. The summed E-state index contributed by atoms with van der Waals surface area (Å²) in [5, 5.41) is 0. The molecular weight excluding hydrogens is 274 g/mol. The van der Waals surface area contributed by atoms with E-state index >= 15 is 0 Å². The van der Waals surface area contributed by atoms with E-state index in [9.17, 15) is 4.79 Å². The first-order valence-corrected chi connectivity index (χ1v) is 5.50. The fourth-order valence-corrected chi connectivity index (χ4v) is 1.32. The highest BCUT2D eigenvalue weighted by atomic mass is 79.9. The second-order valence-electron chi connectivity index (χ2n) is 3.65. The van der Waals surface area contributed by atoms with Gasteiger partial charge in [0.1, 0.15) is 17.9 Å². The van der Waals surface area contributed by atoms with Crippen LogP contribution in [0.2, 0.25) is 0 Å². The van der Waals surface area contributed by atoms with Crippen molar-refractivity contribution in [3.8, 4) is 5.75 Å². The maximum Gasteiger partial charge on any atom is 0.329 e. The van der Waals surface area contributed by atoms with Gasteiger partial charge in [0.15, 0.2) is 0 Å². The van der Waals surface area contributed by atoms with E-state index in [-0.39, 0.29) is 6.61 Å². The largest absolute Gasteiger partial charge is 0.491 e. The second kappa shape index (κ2) is 5.32. The van der Waals surface area contributed by atoms with Crippen LogP contribution in [0.5, 0.6) is 5.75 Å². The van der Waals surface area contributed by atoms with Crippen LogP contribution in [0.1, 0.15) is 6.92 Å². The monoisotopic (exact) mass is 287 g/mol. The Hall–Kier alpha value is -1.07. The van der Waals surface area contributed by atoms with E-state index in [0.29, 0.717) is 5.75 Å². The zero-order valence-electron chi connectivity index (χ0n) is 9.20. The molecule has 4 nitrogen and oxygen atoms in total. The van der Waals surface area contributed by atoms with Gasteiger partial charge in [0, 0.05) is 4.47 Å². The van der Waals surface area contributed by atoms with Crippen molar-refractivity contribution >= 4 is 21.9 Å². The standard InChI is InChI=1S/C11H14BrNO3/c1-11(13,10(14)15-2)7-16-9-5-3-8(12)4-6-9/h3-6H,7,13H2,1-2H3. The third-order valence-corrected chi connectivity index (χ3v) is 2.53. The minimum atomic E-state index is -1.14. The highest BCUT2D eigenvalue weighted by Gasteiger charge is 2.30. The molecule has 0 fully saturated rings. The Morgan fingerprint density at radius 1 is 1.44 bits per heavy atom. The topological polar surface area (TPSA) is 61.5 Å². The molecule has 0 bridgehead atoms. The third-order valence-electron chi connectivity index (χ3n) is 2.00. The van der Waals surface area contributed by atoms with E-state index in [0.717, 1.165) is 4.47 Å². The van der Waals surface area contributed by atoms with E-state index in [4.69, 9.17) is 10.5 Å². The summed E-state index contributed by atoms with van der Waals surface area (Å²) in [4.78, 5) is 11.3. The van der Waals surface area contributed by atoms with Crippen LogP contribution < -0.4 is 10.5 Å². The van der Waals surface area contributed by atoms with Crippen LogP contribution in [0.4, 0.5) is 0 Å². The second-order valence-corrected chi connectivity index (χ2v) is 4.57. The van der Waals surface area contributed by atoms with Crippen molar-refractivity contribution in [2.24, 2.45) is 5.73 Å². The Morgan fingerprint density at radius 2 is 2.00 bits per heavy atom. The van der Waals surface area contributed by atoms with Crippen molar-refractivity contribution in [2.45, 2.75) is 12.5 Å². The molecular formula is C11H14BrNO3. The number of benzene rings is 1. The molecule has 2 N–H and O–H groups in total. The maximum atomic E-state index is 11.3. The molecule has 0 radical (unpaired) electrons. The van der Waals surface area contributed by atoms with Crippen LogP contribution in [0, 0.1) is 0 Å². The van der Waals surface area contributed by atoms with Crippen LogP contribution in [0.15, 0.2) is 28.7 Å². The SMILES string of the molecule is COC(=O)C(C)(N)COc1ccc(Br)cc1. The molecule has 0 saturated heterocycles. The Balaban J connectivity index is 2.57. The number of carbonyl (C=O) groups excluding carboxylic acids is 1. The smallest absolute Gasteiger partial charge is 0.329 e. The van der Waals surface area contributed by atoms with Crippen LogP contribution in [-0.4, -0.2) is 25.2 Å². The van der Waals surface area contributed by atoms with Gasteiger partial charge in [-0.05, 0) is 31.2 Å². The van der Waals surface area contributed by atoms with Gasteiger partial charge in [-0.25, -0.2) is 4.79 Å². The number of esters is 1. The lowest BCUT2D eigenvalue weighted by molar-refractivity contribution is -0.147. The lowest BCUT2D eigenvalue weighted by Crippen LogP contribution is -2.50. The predicted octanol–water partition coefficient (Wildman–Crippen LogP) is 1.72. The Bertz CT molecular complexity index is 362. The van der Waals surface area contributed by atoms with Crippen molar-refractivity contribution in [1.29, 1.82) is 0 Å². The van der Waals surface area contributed by atoms with Crippen LogP contribution >= 0.6 is 15.9 Å². The summed E-state index contributed by atoms with van der Waals surface area (Å²) in [7, 11) is 1.30. The zero-order chi connectivity index (χ0) is 12.2. The normalized spacial score (nSPS) is 14.0. The predicted molar refractivity (Wildman–Crippen MR) is 64.2 cm³/mol. The molecule has 1 atom stereocenters. The molecule has 0 aliphatic heterocycles. The average Bonchev–Trinajstić information content (AvgIpc) is 2.27. The minimum Gasteiger partial charge on any atom is -0.491 e. The van der Waals surface area contributed by atoms with Gasteiger partial charge in [-0.15, -0.1) is 0 Å². The number of ether oxygens (including phenoxy) is 2. The van der Waals surface area contributed by atoms with Gasteiger partial charge < -0.3 is 15.2 Å². The molecule has 0 spiro atoms. The quantitative estimate of drug-likeness (QED) is 0.857. The lowest BCUT2D eigenvalue weighted by atomic mass is 10.1. The van der Waals surface area contributed by atoms with Crippen LogP contribution in [0.3, 0.4) is 0 Å². The lowest BCUT2D eigenvalue weighted by Gasteiger charge is -2.21. The van der Waals surface area contributed by atoms with Crippen LogP contribution in [0.25, 0.3) is 0 Å². The zero-order valence-corrected chi connectivity index (χ0v) is 10.8. The number of hydrogen-bond donors (Lipinski definition) is 1. The molecule has 0 aliphatic carbocycles. The Kier molecular flexibility index (Phi) is 4.32. The van der Waals surface area contributed by atoms with Crippen molar-refractivity contribution < 1.29 is 14.3 Å². The molecule has 16 heavy (non-hydrogen) atoms. The van der Waals surface area contributed by atoms with E-state index < -0.39 is 11.5 Å². The van der Waals surface area contributed by atoms with Crippen molar-refractivity contribution in [1.82, 2.24) is 0 Å². The summed E-state index contributed by atoms with van der Waals surface area (Å²) in [6.07, 6.45) is 0. The van der Waals surface area contributed by atoms with E-state index in [2.05, 4.69) is 20.7 Å². The van der Waals surface area contributed by atoms with E-state index in [1.807, 2.05) is 12.1 Å². The summed E-state index contributed by atoms with van der Waals surface area (Å²) in [5.41, 5.74) is 4.60. The molecule has 0 saturated carbocycles.